The van der Waals surface area contributed by atoms with E-state index in [-0.39, 0.29) is 24.0 Å². The van der Waals surface area contributed by atoms with E-state index in [1.807, 2.05) is 0 Å². The summed E-state index contributed by atoms with van der Waals surface area (Å²) < 4.78 is 15.3. The van der Waals surface area contributed by atoms with Gasteiger partial charge in [0, 0.05) is 24.4 Å². The van der Waals surface area contributed by atoms with Crippen molar-refractivity contribution in [3.63, 3.8) is 0 Å². The van der Waals surface area contributed by atoms with E-state index in [0.29, 0.717) is 36.2 Å². The molecule has 0 bridgehead atoms. The minimum atomic E-state index is -1.20. The van der Waals surface area contributed by atoms with Crippen LogP contribution in [0.1, 0.15) is 59.9 Å². The zero-order chi connectivity index (χ0) is 39.5. The van der Waals surface area contributed by atoms with Crippen molar-refractivity contribution in [1.82, 2.24) is 20.9 Å². The summed E-state index contributed by atoms with van der Waals surface area (Å²) in [5, 5.41) is 21.1. The molecule has 17 heteroatoms. The highest BCUT2D eigenvalue weighted by Gasteiger charge is 2.35. The van der Waals surface area contributed by atoms with Gasteiger partial charge in [-0.05, 0) is 81.9 Å². The number of benzene rings is 2. The molecule has 5 amide bonds. The number of ether oxygens (including phenoxy) is 3. The maximum atomic E-state index is 13.3. The van der Waals surface area contributed by atoms with E-state index in [2.05, 4.69) is 27.8 Å². The lowest BCUT2D eigenvalue weighted by Gasteiger charge is -2.27. The molecule has 286 valence electrons. The molecule has 17 nitrogen and oxygen atoms in total. The van der Waals surface area contributed by atoms with Gasteiger partial charge in [-0.3, -0.25) is 29.3 Å². The molecular weight excluding hydrogens is 692 g/mol. The molecule has 0 unspecified atom stereocenters. The van der Waals surface area contributed by atoms with Crippen LogP contribution in [-0.2, 0) is 35.3 Å². The van der Waals surface area contributed by atoms with Crippen molar-refractivity contribution >= 4 is 47.3 Å². The molecule has 1 fully saturated rings. The molecule has 4 N–H and O–H groups in total. The number of nitro groups is 1. The number of hydrogen-bond acceptors (Lipinski definition) is 11. The summed E-state index contributed by atoms with van der Waals surface area (Å²) in [6.07, 6.45) is -0.843. The fourth-order valence-electron chi connectivity index (χ4n) is 4.99. The fraction of sp³-hybridized carbons (Fsp3) is 0.444. The topological polar surface area (TPSA) is 225 Å². The van der Waals surface area contributed by atoms with Crippen LogP contribution in [0.15, 0.2) is 60.7 Å². The number of nitrogens with one attached hydrogen (secondary N) is 4. The first kappa shape index (κ1) is 41.4. The predicted octanol–water partition coefficient (Wildman–Crippen LogP) is 3.97. The van der Waals surface area contributed by atoms with E-state index in [4.69, 9.17) is 14.2 Å². The van der Waals surface area contributed by atoms with E-state index in [1.165, 1.54) is 36.1 Å². The van der Waals surface area contributed by atoms with Crippen molar-refractivity contribution < 1.29 is 47.9 Å². The lowest BCUT2D eigenvalue weighted by atomic mass is 9.96. The fourth-order valence-corrected chi connectivity index (χ4v) is 4.99. The maximum Gasteiger partial charge on any atom is 0.514 e. The third-order valence-corrected chi connectivity index (χ3v) is 7.90. The highest BCUT2D eigenvalue weighted by atomic mass is 16.7. The van der Waals surface area contributed by atoms with Gasteiger partial charge in [-0.1, -0.05) is 32.6 Å². The standard InChI is InChI=1S/C36H46N6O11/c1-21(2)22(3)30(40-31(44)23(4)38-34(47)53-36(5,6)7)33(46)37-19-29(43)41-18-8-9-28(41)32(45)39-25-12-10-24(11-13-25)20-51-35(48)52-27-16-14-26(15-17-27)42(49)50/h10-17,21,23,28,30H,3,8-9,18-20H2,1-2,4-7H3,(H,37,46)(H,38,47)(H,39,45)(H,40,44)/t23-,28-,30-/m0/s1. The Bertz CT molecular complexity index is 1690. The highest BCUT2D eigenvalue weighted by Crippen LogP contribution is 2.21. The molecule has 0 saturated carbocycles. The van der Waals surface area contributed by atoms with Crippen molar-refractivity contribution in [2.75, 3.05) is 18.4 Å². The van der Waals surface area contributed by atoms with Crippen LogP contribution in [0, 0.1) is 16.0 Å². The monoisotopic (exact) mass is 738 g/mol. The summed E-state index contributed by atoms with van der Waals surface area (Å²) in [6, 6.07) is 8.32. The average Bonchev–Trinajstić information content (AvgIpc) is 3.58. The summed E-state index contributed by atoms with van der Waals surface area (Å²) in [5.74, 6) is -2.41. The predicted molar refractivity (Wildman–Crippen MR) is 191 cm³/mol. The first-order valence-electron chi connectivity index (χ1n) is 16.9. The van der Waals surface area contributed by atoms with Crippen LogP contribution in [0.2, 0.25) is 0 Å². The van der Waals surface area contributed by atoms with Crippen LogP contribution in [-0.4, -0.2) is 82.5 Å². The van der Waals surface area contributed by atoms with E-state index in [0.717, 1.165) is 0 Å². The lowest BCUT2D eigenvalue weighted by molar-refractivity contribution is -0.384. The Labute approximate surface area is 306 Å². The van der Waals surface area contributed by atoms with Crippen LogP contribution < -0.4 is 26.0 Å². The summed E-state index contributed by atoms with van der Waals surface area (Å²) in [5.41, 5.74) is 0.465. The van der Waals surface area contributed by atoms with Gasteiger partial charge < -0.3 is 40.4 Å². The number of non-ortho nitro benzene ring substituents is 1. The average molecular weight is 739 g/mol. The van der Waals surface area contributed by atoms with E-state index < -0.39 is 71.1 Å². The summed E-state index contributed by atoms with van der Waals surface area (Å²) >= 11 is 0. The number of likely N-dealkylation sites (tertiary alicyclic amines) is 1. The van der Waals surface area contributed by atoms with Crippen molar-refractivity contribution in [2.24, 2.45) is 5.92 Å². The SMILES string of the molecule is C=C(C(C)C)[C@H](NC(=O)[C@H](C)NC(=O)OC(C)(C)C)C(=O)NCC(=O)N1CCC[C@H]1C(=O)Nc1ccc(COC(=O)Oc2ccc([N+](=O)[O-])cc2)cc1. The quantitative estimate of drug-likeness (QED) is 0.0713. The first-order chi connectivity index (χ1) is 24.8. The van der Waals surface area contributed by atoms with Gasteiger partial charge in [0.1, 0.15) is 36.1 Å². The molecule has 2 aromatic rings. The Balaban J connectivity index is 1.51. The molecular formula is C36H46N6O11. The summed E-state index contributed by atoms with van der Waals surface area (Å²) in [6.45, 7) is 13.7. The molecule has 1 aliphatic heterocycles. The Morgan fingerprint density at radius 1 is 0.962 bits per heavy atom. The van der Waals surface area contributed by atoms with Crippen molar-refractivity contribution in [3.8, 4) is 5.75 Å². The second-order valence-electron chi connectivity index (χ2n) is 13.6. The van der Waals surface area contributed by atoms with E-state index in [1.54, 1.807) is 58.9 Å². The van der Waals surface area contributed by atoms with E-state index in [9.17, 15) is 38.9 Å². The van der Waals surface area contributed by atoms with Crippen molar-refractivity contribution in [1.29, 1.82) is 0 Å². The molecule has 2 aromatic carbocycles. The van der Waals surface area contributed by atoms with Gasteiger partial charge in [-0.15, -0.1) is 0 Å². The van der Waals surface area contributed by atoms with Gasteiger partial charge in [0.05, 0.1) is 11.5 Å². The Hall–Kier alpha value is -6.00. The van der Waals surface area contributed by atoms with Crippen LogP contribution in [0.4, 0.5) is 21.0 Å². The third kappa shape index (κ3) is 12.9. The third-order valence-electron chi connectivity index (χ3n) is 7.90. The first-order valence-corrected chi connectivity index (χ1v) is 16.9. The van der Waals surface area contributed by atoms with Gasteiger partial charge in [-0.25, -0.2) is 9.59 Å². The van der Waals surface area contributed by atoms with Crippen LogP contribution >= 0.6 is 0 Å². The number of carbonyl (C=O) groups excluding carboxylic acids is 6. The van der Waals surface area contributed by atoms with Gasteiger partial charge >= 0.3 is 12.2 Å². The van der Waals surface area contributed by atoms with Crippen LogP contribution in [0.25, 0.3) is 0 Å². The Morgan fingerprint density at radius 3 is 2.19 bits per heavy atom. The normalized spacial score (nSPS) is 15.0. The van der Waals surface area contributed by atoms with Gasteiger partial charge in [0.15, 0.2) is 0 Å². The lowest BCUT2D eigenvalue weighted by Crippen LogP contribution is -2.55. The number of nitrogens with zero attached hydrogens (tertiary/aromatic N) is 2. The molecule has 3 rings (SSSR count). The largest absolute Gasteiger partial charge is 0.514 e. The molecule has 1 heterocycles. The molecule has 53 heavy (non-hydrogen) atoms. The number of anilines is 1. The molecule has 1 saturated heterocycles. The molecule has 0 aromatic heterocycles. The zero-order valence-corrected chi connectivity index (χ0v) is 30.6. The second-order valence-corrected chi connectivity index (χ2v) is 13.6. The smallest absolute Gasteiger partial charge is 0.444 e. The van der Waals surface area contributed by atoms with Crippen LogP contribution in [0.5, 0.6) is 5.75 Å². The number of nitro benzene ring substituents is 1. The number of rotatable bonds is 14. The molecule has 0 spiro atoms. The minimum absolute atomic E-state index is 0.0754. The molecule has 0 aliphatic carbocycles. The molecule has 3 atom stereocenters. The summed E-state index contributed by atoms with van der Waals surface area (Å²) in [7, 11) is 0. The molecule has 1 aliphatic rings. The Kier molecular flexibility index (Phi) is 14.4. The summed E-state index contributed by atoms with van der Waals surface area (Å²) in [4.78, 5) is 88.3. The maximum absolute atomic E-state index is 13.3. The van der Waals surface area contributed by atoms with Crippen LogP contribution in [0.3, 0.4) is 0 Å². The van der Waals surface area contributed by atoms with Crippen molar-refractivity contribution in [3.05, 3.63) is 76.4 Å². The molecule has 0 radical (unpaired) electrons. The van der Waals surface area contributed by atoms with Gasteiger partial charge in [0.25, 0.3) is 5.69 Å². The Morgan fingerprint density at radius 2 is 1.60 bits per heavy atom. The van der Waals surface area contributed by atoms with Crippen molar-refractivity contribution in [2.45, 2.75) is 84.7 Å². The minimum Gasteiger partial charge on any atom is -0.444 e. The number of hydrogen-bond donors (Lipinski definition) is 4. The number of alkyl carbamates (subject to hydrolysis) is 1. The number of carbonyl (C=O) groups is 6. The van der Waals surface area contributed by atoms with Gasteiger partial charge in [-0.2, -0.15) is 0 Å². The van der Waals surface area contributed by atoms with Gasteiger partial charge in [0.2, 0.25) is 23.6 Å². The van der Waals surface area contributed by atoms with E-state index >= 15 is 0 Å². The zero-order valence-electron chi connectivity index (χ0n) is 30.6. The number of amides is 5. The highest BCUT2D eigenvalue weighted by molar-refractivity contribution is 5.99. The second kappa shape index (κ2) is 18.5.